The molecule has 0 atom stereocenters. The number of rotatable bonds is 6. The predicted octanol–water partition coefficient (Wildman–Crippen LogP) is 4.50. The summed E-state index contributed by atoms with van der Waals surface area (Å²) in [7, 11) is 0. The van der Waals surface area contributed by atoms with Crippen LogP contribution < -0.4 is 14.4 Å². The van der Waals surface area contributed by atoms with Crippen LogP contribution in [0.15, 0.2) is 59.4 Å². The number of carbonyl (C=O) groups is 3. The lowest BCUT2D eigenvalue weighted by molar-refractivity contribution is -0.152. The number of benzene rings is 2. The summed E-state index contributed by atoms with van der Waals surface area (Å²) in [5.41, 5.74) is 1.12. The summed E-state index contributed by atoms with van der Waals surface area (Å²) in [6, 6.07) is 11.6. The maximum Gasteiger partial charge on any atom is 0.341 e. The molecule has 1 aromatic heterocycles. The molecule has 0 aliphatic carbocycles. The topological polar surface area (TPSA) is 116 Å². The molecule has 0 radical (unpaired) electrons. The third-order valence-electron chi connectivity index (χ3n) is 4.83. The van der Waals surface area contributed by atoms with Gasteiger partial charge >= 0.3 is 11.9 Å². The molecule has 3 aromatic rings. The Bertz CT molecular complexity index is 1240. The van der Waals surface area contributed by atoms with Gasteiger partial charge in [-0.15, -0.1) is 0 Å². The van der Waals surface area contributed by atoms with Crippen molar-refractivity contribution in [2.75, 3.05) is 18.1 Å². The zero-order valence-corrected chi connectivity index (χ0v) is 18.9. The van der Waals surface area contributed by atoms with Gasteiger partial charge in [0.25, 0.3) is 5.91 Å². The van der Waals surface area contributed by atoms with Gasteiger partial charge in [-0.05, 0) is 56.7 Å². The SMILES string of the molecule is CC(C)(C)OC(=O)CN1C(=O)c2c(OCC(=O)O)cccc2Oc2ccc(-c3ccoc3)cc21. The lowest BCUT2D eigenvalue weighted by Gasteiger charge is -2.25. The lowest BCUT2D eigenvalue weighted by atomic mass is 10.1. The van der Waals surface area contributed by atoms with Crippen LogP contribution in [0.1, 0.15) is 31.1 Å². The number of aliphatic carboxylic acids is 1. The summed E-state index contributed by atoms with van der Waals surface area (Å²) in [6.07, 6.45) is 3.09. The van der Waals surface area contributed by atoms with E-state index in [1.54, 1.807) is 63.4 Å². The zero-order chi connectivity index (χ0) is 24.5. The van der Waals surface area contributed by atoms with Crippen molar-refractivity contribution in [1.82, 2.24) is 0 Å². The fourth-order valence-electron chi connectivity index (χ4n) is 3.51. The highest BCUT2D eigenvalue weighted by Gasteiger charge is 2.34. The van der Waals surface area contributed by atoms with Crippen LogP contribution in [-0.2, 0) is 14.3 Å². The molecule has 2 heterocycles. The minimum Gasteiger partial charge on any atom is -0.481 e. The zero-order valence-electron chi connectivity index (χ0n) is 18.9. The molecule has 9 heteroatoms. The predicted molar refractivity (Wildman–Crippen MR) is 121 cm³/mol. The first-order valence-corrected chi connectivity index (χ1v) is 10.5. The molecule has 0 unspecified atom stereocenters. The van der Waals surface area contributed by atoms with Crippen molar-refractivity contribution in [2.45, 2.75) is 26.4 Å². The number of nitrogens with zero attached hydrogens (tertiary/aromatic N) is 1. The number of anilines is 1. The fourth-order valence-corrected chi connectivity index (χ4v) is 3.51. The minimum absolute atomic E-state index is 0.00775. The van der Waals surface area contributed by atoms with Gasteiger partial charge in [0.15, 0.2) is 12.4 Å². The van der Waals surface area contributed by atoms with Crippen LogP contribution in [0.4, 0.5) is 5.69 Å². The van der Waals surface area contributed by atoms with Gasteiger partial charge in [0.05, 0.1) is 18.2 Å². The van der Waals surface area contributed by atoms with Gasteiger partial charge in [-0.1, -0.05) is 12.1 Å². The van der Waals surface area contributed by atoms with Crippen molar-refractivity contribution in [3.8, 4) is 28.4 Å². The van der Waals surface area contributed by atoms with E-state index in [2.05, 4.69) is 0 Å². The van der Waals surface area contributed by atoms with Crippen molar-refractivity contribution in [1.29, 1.82) is 0 Å². The number of hydrogen-bond acceptors (Lipinski definition) is 7. The summed E-state index contributed by atoms with van der Waals surface area (Å²) in [6.45, 7) is 4.16. The molecule has 0 bridgehead atoms. The van der Waals surface area contributed by atoms with E-state index in [9.17, 15) is 14.4 Å². The fraction of sp³-hybridized carbons (Fsp3) is 0.240. The monoisotopic (exact) mass is 465 g/mol. The third kappa shape index (κ3) is 4.88. The average Bonchev–Trinajstić information content (AvgIpc) is 3.26. The average molecular weight is 465 g/mol. The quantitative estimate of drug-likeness (QED) is 0.529. The smallest absolute Gasteiger partial charge is 0.341 e. The molecular formula is C25H23NO8. The Labute approximate surface area is 195 Å². The summed E-state index contributed by atoms with van der Waals surface area (Å²) in [5, 5.41) is 9.02. The Balaban J connectivity index is 1.81. The molecule has 34 heavy (non-hydrogen) atoms. The molecule has 176 valence electrons. The highest BCUT2D eigenvalue weighted by Crippen LogP contribution is 2.43. The maximum atomic E-state index is 13.8. The van der Waals surface area contributed by atoms with E-state index in [0.29, 0.717) is 11.4 Å². The first kappa shape index (κ1) is 22.9. The van der Waals surface area contributed by atoms with Crippen molar-refractivity contribution in [2.24, 2.45) is 0 Å². The van der Waals surface area contributed by atoms with E-state index in [1.165, 1.54) is 17.2 Å². The number of carboxylic acids is 1. The number of hydrogen-bond donors (Lipinski definition) is 1. The molecule has 1 amide bonds. The van der Waals surface area contributed by atoms with Crippen LogP contribution in [0.25, 0.3) is 11.1 Å². The Morgan fingerprint density at radius 1 is 1.06 bits per heavy atom. The number of carboxylic acid groups (broad SMARTS) is 1. The van der Waals surface area contributed by atoms with Gasteiger partial charge in [0, 0.05) is 5.56 Å². The molecule has 0 fully saturated rings. The second-order valence-corrected chi connectivity index (χ2v) is 8.59. The Hall–Kier alpha value is -4.27. The van der Waals surface area contributed by atoms with Gasteiger partial charge in [-0.3, -0.25) is 14.5 Å². The molecular weight excluding hydrogens is 442 g/mol. The summed E-state index contributed by atoms with van der Waals surface area (Å²) < 4.78 is 22.0. The molecule has 1 aliphatic heterocycles. The molecule has 4 rings (SSSR count). The maximum absolute atomic E-state index is 13.8. The number of carbonyl (C=O) groups excluding carboxylic acids is 2. The highest BCUT2D eigenvalue weighted by atomic mass is 16.6. The molecule has 0 saturated carbocycles. The largest absolute Gasteiger partial charge is 0.481 e. The molecule has 2 aromatic carbocycles. The number of fused-ring (bicyclic) bond motifs is 2. The molecule has 1 aliphatic rings. The number of esters is 1. The van der Waals surface area contributed by atoms with E-state index in [0.717, 1.165) is 11.1 Å². The molecule has 0 saturated heterocycles. The first-order chi connectivity index (χ1) is 16.1. The second kappa shape index (κ2) is 8.93. The van der Waals surface area contributed by atoms with Crippen molar-refractivity contribution >= 4 is 23.5 Å². The van der Waals surface area contributed by atoms with Gasteiger partial charge < -0.3 is 23.7 Å². The van der Waals surface area contributed by atoms with E-state index in [4.69, 9.17) is 23.7 Å². The lowest BCUT2D eigenvalue weighted by Crippen LogP contribution is -2.38. The van der Waals surface area contributed by atoms with Gasteiger partial charge in [-0.2, -0.15) is 0 Å². The normalized spacial score (nSPS) is 12.8. The van der Waals surface area contributed by atoms with E-state index in [-0.39, 0.29) is 17.1 Å². The van der Waals surface area contributed by atoms with Crippen molar-refractivity contribution < 1.29 is 38.1 Å². The van der Waals surface area contributed by atoms with Crippen LogP contribution in [0.5, 0.6) is 17.2 Å². The second-order valence-electron chi connectivity index (χ2n) is 8.59. The number of furan rings is 1. The Kier molecular flexibility index (Phi) is 6.02. The Morgan fingerprint density at radius 2 is 1.85 bits per heavy atom. The van der Waals surface area contributed by atoms with Crippen molar-refractivity contribution in [3.05, 3.63) is 60.6 Å². The highest BCUT2D eigenvalue weighted by molar-refractivity contribution is 6.13. The van der Waals surface area contributed by atoms with Crippen LogP contribution in [0.3, 0.4) is 0 Å². The molecule has 1 N–H and O–H groups in total. The van der Waals surface area contributed by atoms with Crippen LogP contribution >= 0.6 is 0 Å². The standard InChI is InChI=1S/C25H23NO8/c1-25(2,3)34-22(29)12-26-17-11-15(16-9-10-31-13-16)7-8-18(17)33-20-6-4-5-19(23(20)24(26)30)32-14-21(27)28/h4-11,13H,12,14H2,1-3H3,(H,27,28). The Morgan fingerprint density at radius 3 is 2.53 bits per heavy atom. The minimum atomic E-state index is -1.20. The molecule has 0 spiro atoms. The third-order valence-corrected chi connectivity index (χ3v) is 4.83. The van der Waals surface area contributed by atoms with Crippen LogP contribution in [0, 0.1) is 0 Å². The van der Waals surface area contributed by atoms with Crippen LogP contribution in [0.2, 0.25) is 0 Å². The van der Waals surface area contributed by atoms with Gasteiger partial charge in [0.2, 0.25) is 0 Å². The van der Waals surface area contributed by atoms with Crippen LogP contribution in [-0.4, -0.2) is 41.7 Å². The first-order valence-electron chi connectivity index (χ1n) is 10.5. The van der Waals surface area contributed by atoms with E-state index < -0.39 is 36.6 Å². The number of ether oxygens (including phenoxy) is 3. The van der Waals surface area contributed by atoms with E-state index >= 15 is 0 Å². The van der Waals surface area contributed by atoms with Gasteiger partial charge in [-0.25, -0.2) is 4.79 Å². The van der Waals surface area contributed by atoms with Crippen molar-refractivity contribution in [3.63, 3.8) is 0 Å². The number of amides is 1. The van der Waals surface area contributed by atoms with E-state index in [1.807, 2.05) is 0 Å². The summed E-state index contributed by atoms with van der Waals surface area (Å²) in [5.74, 6) is -1.87. The summed E-state index contributed by atoms with van der Waals surface area (Å²) in [4.78, 5) is 38.8. The van der Waals surface area contributed by atoms with Gasteiger partial charge in [0.1, 0.15) is 29.2 Å². The molecule has 9 nitrogen and oxygen atoms in total. The summed E-state index contributed by atoms with van der Waals surface area (Å²) >= 11 is 0.